The van der Waals surface area contributed by atoms with E-state index in [4.69, 9.17) is 4.74 Å². The number of likely N-dealkylation sites (tertiary alicyclic amines) is 1. The summed E-state index contributed by atoms with van der Waals surface area (Å²) in [6.07, 6.45) is 0. The smallest absolute Gasteiger partial charge is 0.251 e. The van der Waals surface area contributed by atoms with E-state index in [1.165, 1.54) is 5.56 Å². The van der Waals surface area contributed by atoms with E-state index in [0.717, 1.165) is 42.1 Å². The Kier molecular flexibility index (Phi) is 3.77. The van der Waals surface area contributed by atoms with Gasteiger partial charge in [0.25, 0.3) is 5.91 Å². The van der Waals surface area contributed by atoms with Gasteiger partial charge in [0.05, 0.1) is 7.11 Å². The van der Waals surface area contributed by atoms with Gasteiger partial charge in [-0.05, 0) is 47.9 Å². The molecule has 0 radical (unpaired) electrons. The van der Waals surface area contributed by atoms with Crippen LogP contribution in [0.3, 0.4) is 0 Å². The summed E-state index contributed by atoms with van der Waals surface area (Å²) in [5.41, 5.74) is 4.18. The van der Waals surface area contributed by atoms with Crippen molar-refractivity contribution in [2.75, 3.05) is 33.8 Å². The Hall–Kier alpha value is -2.33. The van der Waals surface area contributed by atoms with E-state index < -0.39 is 0 Å². The van der Waals surface area contributed by atoms with E-state index >= 15 is 0 Å². The van der Waals surface area contributed by atoms with Gasteiger partial charge in [-0.3, -0.25) is 4.79 Å². The number of carbonyl (C=O) groups is 1. The lowest BCUT2D eigenvalue weighted by Crippen LogP contribution is -2.29. The summed E-state index contributed by atoms with van der Waals surface area (Å²) in [7, 11) is 3.82. The lowest BCUT2D eigenvalue weighted by molar-refractivity contribution is 0.0951. The van der Waals surface area contributed by atoms with E-state index in [1.54, 1.807) is 7.11 Å². The van der Waals surface area contributed by atoms with Gasteiger partial charge < -0.3 is 15.0 Å². The average Bonchev–Trinajstić information content (AvgIpc) is 2.94. The summed E-state index contributed by atoms with van der Waals surface area (Å²) in [6.45, 7) is 2.83. The zero-order valence-corrected chi connectivity index (χ0v) is 14.1. The van der Waals surface area contributed by atoms with Crippen LogP contribution in [-0.4, -0.2) is 44.6 Å². The van der Waals surface area contributed by atoms with Crippen molar-refractivity contribution in [1.82, 2.24) is 10.2 Å². The molecule has 0 aliphatic carbocycles. The number of methoxy groups -OCH3 is 1. The van der Waals surface area contributed by atoms with Crippen molar-refractivity contribution in [2.45, 2.75) is 5.92 Å². The van der Waals surface area contributed by atoms with Crippen LogP contribution in [0.4, 0.5) is 0 Å². The lowest BCUT2D eigenvalue weighted by Gasteiger charge is -2.17. The molecular formula is C20H22N2O2. The van der Waals surface area contributed by atoms with Gasteiger partial charge >= 0.3 is 0 Å². The predicted octanol–water partition coefficient (Wildman–Crippen LogP) is 2.75. The van der Waals surface area contributed by atoms with Gasteiger partial charge in [0.2, 0.25) is 0 Å². The van der Waals surface area contributed by atoms with E-state index in [1.807, 2.05) is 30.3 Å². The first-order valence-electron chi connectivity index (χ1n) is 8.41. The van der Waals surface area contributed by atoms with E-state index in [0.29, 0.717) is 11.8 Å². The number of carbonyl (C=O) groups excluding carboxylic acids is 1. The third-order valence-electron chi connectivity index (χ3n) is 5.27. The first kappa shape index (κ1) is 15.2. The van der Waals surface area contributed by atoms with Gasteiger partial charge in [-0.2, -0.15) is 0 Å². The number of rotatable bonds is 2. The highest BCUT2D eigenvalue weighted by molar-refractivity contribution is 5.97. The highest BCUT2D eigenvalue weighted by Gasteiger charge is 2.36. The molecule has 4 nitrogen and oxygen atoms in total. The van der Waals surface area contributed by atoms with Crippen LogP contribution in [-0.2, 0) is 0 Å². The lowest BCUT2D eigenvalue weighted by atomic mass is 9.86. The maximum absolute atomic E-state index is 12.6. The Morgan fingerprint density at radius 2 is 1.83 bits per heavy atom. The number of likely N-dealkylation sites (N-methyl/N-ethyl adjacent to an activating group) is 1. The molecule has 4 rings (SSSR count). The van der Waals surface area contributed by atoms with Crippen LogP contribution in [0.5, 0.6) is 5.75 Å². The van der Waals surface area contributed by atoms with Crippen molar-refractivity contribution in [3.05, 3.63) is 53.6 Å². The highest BCUT2D eigenvalue weighted by Crippen LogP contribution is 2.37. The van der Waals surface area contributed by atoms with Crippen molar-refractivity contribution < 1.29 is 9.53 Å². The maximum atomic E-state index is 12.6. The van der Waals surface area contributed by atoms with Gasteiger partial charge in [0, 0.05) is 31.1 Å². The molecule has 1 fully saturated rings. The van der Waals surface area contributed by atoms with Gasteiger partial charge in [0.15, 0.2) is 0 Å². The van der Waals surface area contributed by atoms with E-state index in [9.17, 15) is 4.79 Å². The normalized spacial score (nSPS) is 23.2. The summed E-state index contributed by atoms with van der Waals surface area (Å²) in [5.74, 6) is 1.83. The molecule has 0 aromatic heterocycles. The highest BCUT2D eigenvalue weighted by atomic mass is 16.5. The third-order valence-corrected chi connectivity index (χ3v) is 5.27. The number of nitrogens with zero attached hydrogens (tertiary/aromatic N) is 1. The number of nitrogens with one attached hydrogen (secondary N) is 1. The molecule has 1 amide bonds. The summed E-state index contributed by atoms with van der Waals surface area (Å²) in [4.78, 5) is 14.9. The minimum absolute atomic E-state index is 0.0532. The maximum Gasteiger partial charge on any atom is 0.251 e. The fourth-order valence-electron chi connectivity index (χ4n) is 4.00. The number of benzene rings is 2. The molecule has 1 N–H and O–H groups in total. The minimum Gasteiger partial charge on any atom is -0.497 e. The Morgan fingerprint density at radius 1 is 1.08 bits per heavy atom. The van der Waals surface area contributed by atoms with Crippen molar-refractivity contribution in [3.63, 3.8) is 0 Å². The van der Waals surface area contributed by atoms with Crippen LogP contribution in [0.1, 0.15) is 21.8 Å². The molecule has 2 aliphatic heterocycles. The van der Waals surface area contributed by atoms with E-state index in [2.05, 4.69) is 29.4 Å². The van der Waals surface area contributed by atoms with Crippen LogP contribution in [0.25, 0.3) is 11.1 Å². The van der Waals surface area contributed by atoms with Crippen LogP contribution >= 0.6 is 0 Å². The second-order valence-corrected chi connectivity index (χ2v) is 6.83. The molecular weight excluding hydrogens is 300 g/mol. The fourth-order valence-corrected chi connectivity index (χ4v) is 4.00. The van der Waals surface area contributed by atoms with Crippen molar-refractivity contribution in [2.24, 2.45) is 5.92 Å². The van der Waals surface area contributed by atoms with Crippen molar-refractivity contribution >= 4 is 5.91 Å². The number of hydrogen-bond acceptors (Lipinski definition) is 3. The van der Waals surface area contributed by atoms with Crippen LogP contribution in [0.2, 0.25) is 0 Å². The molecule has 124 valence electrons. The molecule has 0 spiro atoms. The average molecular weight is 322 g/mol. The molecule has 0 saturated carbocycles. The number of fused-ring (bicyclic) bond motifs is 3. The molecule has 2 aromatic carbocycles. The minimum atomic E-state index is 0.0532. The second kappa shape index (κ2) is 5.95. The fraction of sp³-hybridized carbons (Fsp3) is 0.350. The third kappa shape index (κ3) is 2.57. The van der Waals surface area contributed by atoms with Crippen molar-refractivity contribution in [1.29, 1.82) is 0 Å². The molecule has 4 heteroatoms. The largest absolute Gasteiger partial charge is 0.497 e. The second-order valence-electron chi connectivity index (χ2n) is 6.83. The van der Waals surface area contributed by atoms with Crippen LogP contribution in [0.15, 0.2) is 42.5 Å². The quantitative estimate of drug-likeness (QED) is 0.924. The summed E-state index contributed by atoms with van der Waals surface area (Å²) in [5, 5.41) is 3.10. The molecule has 2 aliphatic rings. The first-order valence-corrected chi connectivity index (χ1v) is 8.41. The molecule has 0 bridgehead atoms. The zero-order chi connectivity index (χ0) is 16.7. The number of hydrogen-bond donors (Lipinski definition) is 1. The first-order chi connectivity index (χ1) is 11.7. The van der Waals surface area contributed by atoms with Crippen LogP contribution in [0, 0.1) is 5.92 Å². The van der Waals surface area contributed by atoms with E-state index in [-0.39, 0.29) is 5.91 Å². The summed E-state index contributed by atoms with van der Waals surface area (Å²) >= 11 is 0. The number of amides is 1. The van der Waals surface area contributed by atoms with Crippen molar-refractivity contribution in [3.8, 4) is 16.9 Å². The van der Waals surface area contributed by atoms with Gasteiger partial charge in [-0.25, -0.2) is 0 Å². The monoisotopic (exact) mass is 322 g/mol. The molecule has 1 saturated heterocycles. The Labute approximate surface area is 142 Å². The molecule has 2 heterocycles. The Morgan fingerprint density at radius 3 is 2.58 bits per heavy atom. The SMILES string of the molecule is COc1ccc(-c2ccc3c(c2)C(=O)NC[C@H]2CN(C)C[C@H]32)cc1. The summed E-state index contributed by atoms with van der Waals surface area (Å²) < 4.78 is 5.22. The molecule has 24 heavy (non-hydrogen) atoms. The molecule has 2 atom stereocenters. The molecule has 2 aromatic rings. The predicted molar refractivity (Wildman–Crippen MR) is 94.5 cm³/mol. The Bertz CT molecular complexity index is 770. The van der Waals surface area contributed by atoms with Gasteiger partial charge in [-0.15, -0.1) is 0 Å². The van der Waals surface area contributed by atoms with Gasteiger partial charge in [0.1, 0.15) is 5.75 Å². The Balaban J connectivity index is 1.74. The topological polar surface area (TPSA) is 41.6 Å². The standard InChI is InChI=1S/C20H22N2O2/c1-22-11-15-10-21-20(23)18-9-14(5-8-17(18)19(15)12-22)13-3-6-16(24-2)7-4-13/h3-9,15,19H,10-12H2,1-2H3,(H,21,23)/t15-,19-/m0/s1. The van der Waals surface area contributed by atoms with Crippen LogP contribution < -0.4 is 10.1 Å². The zero-order valence-electron chi connectivity index (χ0n) is 14.1. The molecule has 0 unspecified atom stereocenters. The number of ether oxygens (including phenoxy) is 1. The van der Waals surface area contributed by atoms with Gasteiger partial charge in [-0.1, -0.05) is 24.3 Å². The summed E-state index contributed by atoms with van der Waals surface area (Å²) in [6, 6.07) is 14.3.